The zero-order valence-corrected chi connectivity index (χ0v) is 25.1. The van der Waals surface area contributed by atoms with E-state index in [0.29, 0.717) is 60.3 Å². The van der Waals surface area contributed by atoms with Crippen molar-refractivity contribution in [3.05, 3.63) is 76.5 Å². The fourth-order valence-corrected chi connectivity index (χ4v) is 6.58. The Morgan fingerprint density at radius 3 is 2.75 bits per heavy atom. The minimum absolute atomic E-state index is 0.152. The number of hydrogen-bond acceptors (Lipinski definition) is 7. The number of amides is 1. The monoisotopic (exact) mass is 616 g/mol. The van der Waals surface area contributed by atoms with E-state index >= 15 is 0 Å². The van der Waals surface area contributed by atoms with Crippen LogP contribution in [-0.2, 0) is 24.3 Å². The molecule has 0 saturated heterocycles. The number of pyridine rings is 2. The highest BCUT2D eigenvalue weighted by molar-refractivity contribution is 6.32. The maximum Gasteiger partial charge on any atom is 0.309 e. The summed E-state index contributed by atoms with van der Waals surface area (Å²) in [6, 6.07) is 3.90. The first-order valence-electron chi connectivity index (χ1n) is 15.0. The van der Waals surface area contributed by atoms with E-state index in [4.69, 9.17) is 21.3 Å². The van der Waals surface area contributed by atoms with Crippen molar-refractivity contribution in [1.82, 2.24) is 39.1 Å². The summed E-state index contributed by atoms with van der Waals surface area (Å²) in [6.07, 6.45) is 15.1. The molecule has 0 bridgehead atoms. The van der Waals surface area contributed by atoms with Gasteiger partial charge in [0, 0.05) is 18.6 Å². The molecule has 0 spiro atoms. The Kier molecular flexibility index (Phi) is 7.23. The maximum absolute atomic E-state index is 13.0. The summed E-state index contributed by atoms with van der Waals surface area (Å²) in [5.74, 6) is -0.0673. The number of imidazole rings is 2. The third-order valence-electron chi connectivity index (χ3n) is 8.77. The fraction of sp³-hybridized carbons (Fsp3) is 0.419. The molecule has 2 aliphatic carbocycles. The van der Waals surface area contributed by atoms with Gasteiger partial charge in [-0.1, -0.05) is 35.7 Å². The fourth-order valence-electron chi connectivity index (χ4n) is 6.38. The van der Waals surface area contributed by atoms with Crippen LogP contribution in [0.1, 0.15) is 84.4 Å². The third-order valence-corrected chi connectivity index (χ3v) is 9.07. The number of halogens is 1. The second-order valence-corrected chi connectivity index (χ2v) is 12.3. The summed E-state index contributed by atoms with van der Waals surface area (Å²) in [4.78, 5) is 34.6. The second-order valence-electron chi connectivity index (χ2n) is 11.9. The first-order valence-corrected chi connectivity index (χ1v) is 15.4. The Morgan fingerprint density at radius 2 is 2.00 bits per heavy atom. The van der Waals surface area contributed by atoms with E-state index in [1.165, 1.54) is 5.56 Å². The Balaban J connectivity index is 1.08. The van der Waals surface area contributed by atoms with Gasteiger partial charge in [0.1, 0.15) is 11.2 Å². The lowest BCUT2D eigenvalue weighted by atomic mass is 9.80. The minimum atomic E-state index is -0.733. The van der Waals surface area contributed by atoms with E-state index in [1.54, 1.807) is 33.9 Å². The molecule has 2 aliphatic rings. The summed E-state index contributed by atoms with van der Waals surface area (Å²) in [6.45, 7) is 2.78. The standard InChI is InChI=1S/C31H33ClN8O4/c1-2-44-27-23(32)7-10-38-18-34-24(26(27)38)13-33-29(41)25-17-40(37-36-25)16-22-15-39-14-21(19-5-6-19)11-20(28(39)35-22)12-31(30(42)43)8-3-4-9-31/h7,10-11,14-15,17-19H,2-6,8-9,12-13,16H2,1H3,(H,33,41)(H,42,43). The van der Waals surface area contributed by atoms with Gasteiger partial charge in [0.05, 0.1) is 54.0 Å². The molecule has 44 heavy (non-hydrogen) atoms. The lowest BCUT2D eigenvalue weighted by molar-refractivity contribution is -0.148. The quantitative estimate of drug-likeness (QED) is 0.218. The van der Waals surface area contributed by atoms with Crippen molar-refractivity contribution >= 4 is 34.6 Å². The zero-order chi connectivity index (χ0) is 30.4. The highest BCUT2D eigenvalue weighted by Gasteiger charge is 2.42. The highest BCUT2D eigenvalue weighted by Crippen LogP contribution is 2.44. The van der Waals surface area contributed by atoms with Crippen molar-refractivity contribution in [3.8, 4) is 5.75 Å². The Morgan fingerprint density at radius 1 is 1.18 bits per heavy atom. The Hall–Kier alpha value is -4.45. The summed E-state index contributed by atoms with van der Waals surface area (Å²) < 4.78 is 11.1. The molecule has 0 aromatic carbocycles. The topological polar surface area (TPSA) is 141 Å². The number of carboxylic acids is 1. The number of nitrogens with zero attached hydrogens (tertiary/aromatic N) is 7. The number of aliphatic carboxylic acids is 1. The van der Waals surface area contributed by atoms with Crippen LogP contribution in [0, 0.1) is 5.41 Å². The number of carboxylic acid groups (broad SMARTS) is 1. The van der Waals surface area contributed by atoms with E-state index in [9.17, 15) is 14.7 Å². The first kappa shape index (κ1) is 28.3. The van der Waals surface area contributed by atoms with Crippen LogP contribution in [0.4, 0.5) is 0 Å². The van der Waals surface area contributed by atoms with E-state index < -0.39 is 11.4 Å². The summed E-state index contributed by atoms with van der Waals surface area (Å²) in [7, 11) is 0. The van der Waals surface area contributed by atoms with Gasteiger partial charge in [0.15, 0.2) is 11.4 Å². The Labute approximate surface area is 258 Å². The van der Waals surface area contributed by atoms with Crippen LogP contribution in [-0.4, -0.2) is 57.4 Å². The zero-order valence-electron chi connectivity index (χ0n) is 24.4. The third kappa shape index (κ3) is 5.27. The summed E-state index contributed by atoms with van der Waals surface area (Å²) in [5.41, 5.74) is 4.47. The van der Waals surface area contributed by atoms with E-state index in [0.717, 1.165) is 42.6 Å². The number of aromatic nitrogens is 7. The average molecular weight is 617 g/mol. The van der Waals surface area contributed by atoms with Crippen molar-refractivity contribution in [2.75, 3.05) is 6.61 Å². The van der Waals surface area contributed by atoms with Gasteiger partial charge in [-0.25, -0.2) is 14.6 Å². The van der Waals surface area contributed by atoms with Gasteiger partial charge >= 0.3 is 5.97 Å². The van der Waals surface area contributed by atoms with Crippen LogP contribution >= 0.6 is 11.6 Å². The van der Waals surface area contributed by atoms with Gasteiger partial charge in [-0.2, -0.15) is 0 Å². The number of rotatable bonds is 11. The largest absolute Gasteiger partial charge is 0.490 e. The van der Waals surface area contributed by atoms with Crippen molar-refractivity contribution in [2.45, 2.75) is 70.9 Å². The van der Waals surface area contributed by atoms with Crippen molar-refractivity contribution in [2.24, 2.45) is 5.41 Å². The normalized spacial score (nSPS) is 16.1. The van der Waals surface area contributed by atoms with Gasteiger partial charge in [-0.15, -0.1) is 5.10 Å². The number of carbonyl (C=O) groups is 2. The molecule has 1 amide bonds. The first-order chi connectivity index (χ1) is 21.3. The smallest absolute Gasteiger partial charge is 0.309 e. The van der Waals surface area contributed by atoms with E-state index in [2.05, 4.69) is 32.9 Å². The molecular weight excluding hydrogens is 584 g/mol. The number of nitrogens with one attached hydrogen (secondary N) is 1. The predicted molar refractivity (Wildman–Crippen MR) is 161 cm³/mol. The molecule has 2 fully saturated rings. The molecule has 0 radical (unpaired) electrons. The van der Waals surface area contributed by atoms with Crippen molar-refractivity contribution in [1.29, 1.82) is 0 Å². The van der Waals surface area contributed by atoms with Crippen molar-refractivity contribution in [3.63, 3.8) is 0 Å². The maximum atomic E-state index is 13.0. The van der Waals surface area contributed by atoms with E-state index in [1.807, 2.05) is 17.5 Å². The number of ether oxygens (including phenoxy) is 1. The van der Waals surface area contributed by atoms with Gasteiger partial charge in [0.2, 0.25) is 0 Å². The van der Waals surface area contributed by atoms with Crippen LogP contribution < -0.4 is 10.1 Å². The molecule has 7 rings (SSSR count). The lowest BCUT2D eigenvalue weighted by Crippen LogP contribution is -2.30. The molecule has 0 atom stereocenters. The molecule has 2 saturated carbocycles. The molecule has 12 nitrogen and oxygen atoms in total. The van der Waals surface area contributed by atoms with Gasteiger partial charge in [-0.3, -0.25) is 9.59 Å². The van der Waals surface area contributed by atoms with Gasteiger partial charge in [0.25, 0.3) is 5.91 Å². The molecule has 13 heteroatoms. The summed E-state index contributed by atoms with van der Waals surface area (Å²) >= 11 is 6.35. The van der Waals surface area contributed by atoms with Gasteiger partial charge in [-0.05, 0) is 62.1 Å². The molecule has 2 N–H and O–H groups in total. The second kappa shape index (κ2) is 11.2. The minimum Gasteiger partial charge on any atom is -0.490 e. The SMILES string of the molecule is CCOc1c(Cl)ccn2cnc(CNC(=O)c3cn(Cc4cn5cc(C6CC6)cc(CC6(C(=O)O)CCCC6)c5n4)nn3)c12. The molecule has 228 valence electrons. The highest BCUT2D eigenvalue weighted by atomic mass is 35.5. The Bertz CT molecular complexity index is 1880. The van der Waals surface area contributed by atoms with Crippen LogP contribution in [0.5, 0.6) is 5.75 Å². The molecule has 5 heterocycles. The van der Waals surface area contributed by atoms with Crippen LogP contribution in [0.15, 0.2) is 43.2 Å². The molecule has 5 aromatic rings. The average Bonchev–Trinajstić information content (AvgIpc) is 3.36. The predicted octanol–water partition coefficient (Wildman–Crippen LogP) is 4.67. The van der Waals surface area contributed by atoms with Crippen molar-refractivity contribution < 1.29 is 19.4 Å². The van der Waals surface area contributed by atoms with Gasteiger partial charge < -0.3 is 24.0 Å². The molecule has 0 aliphatic heterocycles. The number of carbonyl (C=O) groups excluding carboxylic acids is 1. The van der Waals surface area contributed by atoms with Crippen LogP contribution in [0.25, 0.3) is 11.2 Å². The number of fused-ring (bicyclic) bond motifs is 2. The molecule has 5 aromatic heterocycles. The number of hydrogen-bond donors (Lipinski definition) is 2. The lowest BCUT2D eigenvalue weighted by Gasteiger charge is -2.24. The van der Waals surface area contributed by atoms with Crippen LogP contribution in [0.3, 0.4) is 0 Å². The van der Waals surface area contributed by atoms with E-state index in [-0.39, 0.29) is 18.1 Å². The van der Waals surface area contributed by atoms with Crippen LogP contribution in [0.2, 0.25) is 5.02 Å². The molecular formula is C31H33ClN8O4. The summed E-state index contributed by atoms with van der Waals surface area (Å²) in [5, 5.41) is 21.7. The molecule has 0 unspecified atom stereocenters.